The fraction of sp³-hybridized carbons (Fsp3) is 0.348. The minimum absolute atomic E-state index is 0.0860. The molecule has 1 aliphatic rings. The summed E-state index contributed by atoms with van der Waals surface area (Å²) >= 11 is 0. The van der Waals surface area contributed by atoms with E-state index in [0.29, 0.717) is 5.56 Å². The zero-order valence-electron chi connectivity index (χ0n) is 16.3. The Morgan fingerprint density at radius 3 is 2.08 bits per heavy atom. The zero-order valence-corrected chi connectivity index (χ0v) is 16.3. The van der Waals surface area contributed by atoms with E-state index in [2.05, 4.69) is 31.2 Å². The van der Waals surface area contributed by atoms with Crippen molar-refractivity contribution in [2.75, 3.05) is 0 Å². The summed E-state index contributed by atoms with van der Waals surface area (Å²) in [5.74, 6) is -0.390. The Labute approximate surface area is 155 Å². The summed E-state index contributed by atoms with van der Waals surface area (Å²) in [4.78, 5) is 12.7. The van der Waals surface area contributed by atoms with Gasteiger partial charge < -0.3 is 9.84 Å². The number of benzene rings is 2. The molecule has 0 aliphatic carbocycles. The number of hydrogen-bond donors (Lipinski definition) is 1. The van der Waals surface area contributed by atoms with Crippen LogP contribution in [0, 0.1) is 19.3 Å². The molecule has 0 saturated carbocycles. The van der Waals surface area contributed by atoms with E-state index in [1.165, 1.54) is 5.56 Å². The number of esters is 1. The van der Waals surface area contributed by atoms with Crippen molar-refractivity contribution in [1.29, 1.82) is 0 Å². The van der Waals surface area contributed by atoms with E-state index in [9.17, 15) is 9.90 Å². The van der Waals surface area contributed by atoms with Crippen molar-refractivity contribution < 1.29 is 14.6 Å². The Hall–Kier alpha value is -2.55. The van der Waals surface area contributed by atoms with Crippen LogP contribution in [0.3, 0.4) is 0 Å². The largest absolute Gasteiger partial charge is 0.511 e. The summed E-state index contributed by atoms with van der Waals surface area (Å²) in [7, 11) is 0. The summed E-state index contributed by atoms with van der Waals surface area (Å²) in [5, 5.41) is 11.0. The lowest BCUT2D eigenvalue weighted by Crippen LogP contribution is -2.48. The Balaban J connectivity index is 2.19. The first-order valence-corrected chi connectivity index (χ1v) is 8.90. The van der Waals surface area contributed by atoms with Crippen LogP contribution < -0.4 is 0 Å². The first-order chi connectivity index (χ1) is 12.0. The van der Waals surface area contributed by atoms with Gasteiger partial charge in [-0.2, -0.15) is 0 Å². The molecule has 1 aliphatic heterocycles. The van der Waals surface area contributed by atoms with E-state index in [0.717, 1.165) is 16.7 Å². The van der Waals surface area contributed by atoms with Crippen LogP contribution in [0.25, 0.3) is 16.7 Å². The van der Waals surface area contributed by atoms with Crippen molar-refractivity contribution in [3.05, 3.63) is 64.9 Å². The molecule has 3 nitrogen and oxygen atoms in total. The van der Waals surface area contributed by atoms with Gasteiger partial charge in [-0.15, -0.1) is 0 Å². The van der Waals surface area contributed by atoms with Gasteiger partial charge in [-0.25, -0.2) is 4.79 Å². The second-order valence-corrected chi connectivity index (χ2v) is 8.14. The van der Waals surface area contributed by atoms with Gasteiger partial charge in [0, 0.05) is 0 Å². The number of carbonyl (C=O) groups is 1. The molecule has 0 bridgehead atoms. The molecule has 0 spiro atoms. The third-order valence-electron chi connectivity index (χ3n) is 5.78. The normalized spacial score (nSPS) is 18.6. The molecule has 136 valence electrons. The second-order valence-electron chi connectivity index (χ2n) is 8.14. The molecular weight excluding hydrogens is 324 g/mol. The van der Waals surface area contributed by atoms with E-state index < -0.39 is 17.0 Å². The Morgan fingerprint density at radius 1 is 0.885 bits per heavy atom. The SMILES string of the molecule is Cc1ccc(-c2ccc(C)c(C3=C(O)C(C)(C)C(C)(C)OC3=O)c2)cc1. The number of ether oxygens (including phenoxy) is 1. The highest BCUT2D eigenvalue weighted by Crippen LogP contribution is 2.47. The standard InChI is InChI=1S/C23H26O3/c1-14-7-10-16(11-8-14)17-12-9-15(2)18(13-17)19-20(24)22(3,4)23(5,6)26-21(19)25/h7-13,24H,1-6H3. The number of rotatable bonds is 2. The third kappa shape index (κ3) is 2.82. The van der Waals surface area contributed by atoms with Gasteiger partial charge in [0.15, 0.2) is 0 Å². The van der Waals surface area contributed by atoms with Gasteiger partial charge in [0.05, 0.1) is 5.41 Å². The predicted octanol–water partition coefficient (Wildman–Crippen LogP) is 5.60. The molecule has 2 aromatic rings. The Morgan fingerprint density at radius 2 is 1.46 bits per heavy atom. The number of carbonyl (C=O) groups excluding carboxylic acids is 1. The average Bonchev–Trinajstić information content (AvgIpc) is 2.55. The van der Waals surface area contributed by atoms with Crippen LogP contribution >= 0.6 is 0 Å². The summed E-state index contributed by atoms with van der Waals surface area (Å²) < 4.78 is 5.69. The first-order valence-electron chi connectivity index (χ1n) is 8.90. The lowest BCUT2D eigenvalue weighted by molar-refractivity contribution is -0.164. The molecule has 3 rings (SSSR count). The van der Waals surface area contributed by atoms with Crippen LogP contribution in [0.2, 0.25) is 0 Å². The van der Waals surface area contributed by atoms with Crippen LogP contribution in [-0.4, -0.2) is 16.7 Å². The van der Waals surface area contributed by atoms with Gasteiger partial charge in [-0.3, -0.25) is 0 Å². The molecule has 0 saturated heterocycles. The van der Waals surface area contributed by atoms with Crippen molar-refractivity contribution in [3.63, 3.8) is 0 Å². The molecule has 1 N–H and O–H groups in total. The highest BCUT2D eigenvalue weighted by atomic mass is 16.6. The average molecular weight is 350 g/mol. The molecular formula is C23H26O3. The summed E-state index contributed by atoms with van der Waals surface area (Å²) in [5.41, 5.74) is 3.72. The lowest BCUT2D eigenvalue weighted by Gasteiger charge is -2.44. The van der Waals surface area contributed by atoms with Gasteiger partial charge in [0.1, 0.15) is 16.9 Å². The van der Waals surface area contributed by atoms with Crippen molar-refractivity contribution in [3.8, 4) is 11.1 Å². The van der Waals surface area contributed by atoms with E-state index >= 15 is 0 Å². The van der Waals surface area contributed by atoms with Crippen molar-refractivity contribution in [2.45, 2.75) is 47.1 Å². The zero-order chi connectivity index (χ0) is 19.3. The molecule has 26 heavy (non-hydrogen) atoms. The lowest BCUT2D eigenvalue weighted by atomic mass is 9.71. The summed E-state index contributed by atoms with van der Waals surface area (Å²) in [6.07, 6.45) is 0. The number of aryl methyl sites for hydroxylation is 2. The fourth-order valence-electron chi connectivity index (χ4n) is 3.16. The Bertz CT molecular complexity index is 900. The molecule has 3 heteroatoms. The van der Waals surface area contributed by atoms with E-state index in [1.807, 2.05) is 52.8 Å². The second kappa shape index (κ2) is 6.01. The van der Waals surface area contributed by atoms with Gasteiger partial charge in [-0.1, -0.05) is 42.0 Å². The van der Waals surface area contributed by atoms with Crippen molar-refractivity contribution in [2.24, 2.45) is 5.41 Å². The number of cyclic esters (lactones) is 1. The number of hydrogen-bond acceptors (Lipinski definition) is 3. The van der Waals surface area contributed by atoms with Crippen molar-refractivity contribution in [1.82, 2.24) is 0 Å². The maximum atomic E-state index is 12.7. The van der Waals surface area contributed by atoms with Crippen LogP contribution in [0.4, 0.5) is 0 Å². The molecule has 1 heterocycles. The maximum Gasteiger partial charge on any atom is 0.342 e. The predicted molar refractivity (Wildman–Crippen MR) is 105 cm³/mol. The van der Waals surface area contributed by atoms with Crippen molar-refractivity contribution >= 4 is 11.5 Å². The molecule has 2 aromatic carbocycles. The number of aliphatic hydroxyl groups excluding tert-OH is 1. The van der Waals surface area contributed by atoms with Gasteiger partial charge in [0.2, 0.25) is 0 Å². The maximum absolute atomic E-state index is 12.7. The summed E-state index contributed by atoms with van der Waals surface area (Å²) in [6, 6.07) is 14.2. The Kier molecular flexibility index (Phi) is 4.22. The summed E-state index contributed by atoms with van der Waals surface area (Å²) in [6.45, 7) is 11.4. The van der Waals surface area contributed by atoms with E-state index in [-0.39, 0.29) is 11.3 Å². The minimum Gasteiger partial charge on any atom is -0.511 e. The molecule has 0 fully saturated rings. The minimum atomic E-state index is -0.778. The van der Waals surface area contributed by atoms with E-state index in [1.54, 1.807) is 0 Å². The van der Waals surface area contributed by atoms with Crippen LogP contribution in [-0.2, 0) is 9.53 Å². The molecule has 0 amide bonds. The topological polar surface area (TPSA) is 46.5 Å². The molecule has 0 aromatic heterocycles. The van der Waals surface area contributed by atoms with Gasteiger partial charge in [-0.05, 0) is 69.9 Å². The van der Waals surface area contributed by atoms with Gasteiger partial charge >= 0.3 is 5.97 Å². The molecule has 0 radical (unpaired) electrons. The fourth-order valence-corrected chi connectivity index (χ4v) is 3.16. The monoisotopic (exact) mass is 350 g/mol. The quantitative estimate of drug-likeness (QED) is 0.717. The van der Waals surface area contributed by atoms with Crippen LogP contribution in [0.1, 0.15) is 44.4 Å². The number of aliphatic hydroxyl groups is 1. The molecule has 0 unspecified atom stereocenters. The highest BCUT2D eigenvalue weighted by molar-refractivity contribution is 6.18. The van der Waals surface area contributed by atoms with Gasteiger partial charge in [0.25, 0.3) is 0 Å². The highest BCUT2D eigenvalue weighted by Gasteiger charge is 2.50. The third-order valence-corrected chi connectivity index (χ3v) is 5.78. The first kappa shape index (κ1) is 18.2. The smallest absolute Gasteiger partial charge is 0.342 e. The van der Waals surface area contributed by atoms with Crippen LogP contribution in [0.15, 0.2) is 48.2 Å². The van der Waals surface area contributed by atoms with E-state index in [4.69, 9.17) is 4.74 Å². The molecule has 0 atom stereocenters. The van der Waals surface area contributed by atoms with Crippen LogP contribution in [0.5, 0.6) is 0 Å².